The fourth-order valence-corrected chi connectivity index (χ4v) is 3.18. The van der Waals surface area contributed by atoms with Crippen molar-refractivity contribution in [3.8, 4) is 0 Å². The Hall–Kier alpha value is -3.75. The summed E-state index contributed by atoms with van der Waals surface area (Å²) in [7, 11) is 0. The van der Waals surface area contributed by atoms with E-state index in [9.17, 15) is 24.0 Å². The van der Waals surface area contributed by atoms with Crippen molar-refractivity contribution in [3.05, 3.63) is 48.0 Å². The van der Waals surface area contributed by atoms with E-state index in [1.54, 1.807) is 26.0 Å². The molecule has 0 aromatic heterocycles. The van der Waals surface area contributed by atoms with Crippen LogP contribution in [-0.4, -0.2) is 53.2 Å². The average Bonchev–Trinajstić information content (AvgIpc) is 2.75. The molecule has 3 amide bonds. The van der Waals surface area contributed by atoms with Crippen LogP contribution in [0.25, 0.3) is 10.8 Å². The van der Waals surface area contributed by atoms with Crippen LogP contribution in [-0.2, 0) is 19.2 Å². The van der Waals surface area contributed by atoms with Gasteiger partial charge in [-0.2, -0.15) is 0 Å². The summed E-state index contributed by atoms with van der Waals surface area (Å²) >= 11 is 0. The highest BCUT2D eigenvalue weighted by Crippen LogP contribution is 2.19. The summed E-state index contributed by atoms with van der Waals surface area (Å²) in [4.78, 5) is 59.7. The molecule has 0 aliphatic heterocycles. The summed E-state index contributed by atoms with van der Waals surface area (Å²) in [5.41, 5.74) is 0.426. The van der Waals surface area contributed by atoms with Gasteiger partial charge in [-0.1, -0.05) is 50.2 Å². The van der Waals surface area contributed by atoms with Crippen LogP contribution in [0.1, 0.15) is 37.6 Å². The Morgan fingerprint density at radius 1 is 0.906 bits per heavy atom. The molecule has 0 spiro atoms. The Morgan fingerprint density at radius 2 is 1.56 bits per heavy atom. The smallest absolute Gasteiger partial charge is 0.305 e. The van der Waals surface area contributed by atoms with Crippen LogP contribution in [0.3, 0.4) is 0 Å². The van der Waals surface area contributed by atoms with Gasteiger partial charge in [0.15, 0.2) is 0 Å². The van der Waals surface area contributed by atoms with Crippen molar-refractivity contribution in [2.24, 2.45) is 5.92 Å². The van der Waals surface area contributed by atoms with Gasteiger partial charge in [0, 0.05) is 5.56 Å². The van der Waals surface area contributed by atoms with E-state index in [4.69, 9.17) is 5.11 Å². The molecule has 0 radical (unpaired) electrons. The molecule has 2 rings (SSSR count). The van der Waals surface area contributed by atoms with Crippen LogP contribution in [0.2, 0.25) is 0 Å². The number of aliphatic carboxylic acids is 1. The van der Waals surface area contributed by atoms with E-state index in [1.807, 2.05) is 30.3 Å². The Kier molecular flexibility index (Phi) is 8.46. The first-order valence-electron chi connectivity index (χ1n) is 10.2. The molecular formula is C23H27N3O6. The van der Waals surface area contributed by atoms with Gasteiger partial charge in [0.25, 0.3) is 5.91 Å². The minimum absolute atomic E-state index is 0.279. The van der Waals surface area contributed by atoms with E-state index in [0.717, 1.165) is 10.8 Å². The van der Waals surface area contributed by atoms with Crippen LogP contribution >= 0.6 is 0 Å². The second-order valence-electron chi connectivity index (χ2n) is 7.80. The normalized spacial score (nSPS) is 13.6. The lowest BCUT2D eigenvalue weighted by Gasteiger charge is -2.24. The minimum Gasteiger partial charge on any atom is -0.481 e. The van der Waals surface area contributed by atoms with Crippen molar-refractivity contribution in [3.63, 3.8) is 0 Å². The van der Waals surface area contributed by atoms with Gasteiger partial charge < -0.3 is 25.9 Å². The predicted molar refractivity (Wildman–Crippen MR) is 118 cm³/mol. The van der Waals surface area contributed by atoms with Crippen LogP contribution in [0.15, 0.2) is 42.5 Å². The molecule has 170 valence electrons. The summed E-state index contributed by atoms with van der Waals surface area (Å²) < 4.78 is 0. The molecule has 0 unspecified atom stereocenters. The van der Waals surface area contributed by atoms with Gasteiger partial charge in [0.05, 0.1) is 12.5 Å². The van der Waals surface area contributed by atoms with Crippen LogP contribution in [0, 0.1) is 5.92 Å². The number of rotatable bonds is 10. The molecule has 0 saturated heterocycles. The fraction of sp³-hybridized carbons (Fsp3) is 0.348. The molecule has 2 aromatic carbocycles. The number of aldehydes is 1. The van der Waals surface area contributed by atoms with Crippen LogP contribution in [0.4, 0.5) is 0 Å². The maximum Gasteiger partial charge on any atom is 0.305 e. The molecule has 0 saturated carbocycles. The van der Waals surface area contributed by atoms with Gasteiger partial charge in [-0.3, -0.25) is 19.2 Å². The average molecular weight is 441 g/mol. The lowest BCUT2D eigenvalue weighted by molar-refractivity contribution is -0.139. The zero-order valence-electron chi connectivity index (χ0n) is 18.1. The maximum atomic E-state index is 12.9. The molecule has 0 aliphatic rings. The number of carbonyl (C=O) groups excluding carboxylic acids is 4. The standard InChI is InChI=1S/C23H27N3O6/c1-13(2)20(23(32)24-14(3)21(30)25-16(12-27)11-19(28)29)26-22(31)18-10-6-8-15-7-4-5-9-17(15)18/h4-10,12-14,16,20H,11H2,1-3H3,(H,24,32)(H,25,30)(H,26,31)(H,28,29)/t14-,16-,20-/m0/s1. The number of amides is 3. The molecule has 2 aromatic rings. The van der Waals surface area contributed by atoms with Gasteiger partial charge in [-0.15, -0.1) is 0 Å². The zero-order chi connectivity index (χ0) is 23.8. The van der Waals surface area contributed by atoms with E-state index < -0.39 is 48.2 Å². The molecule has 0 fully saturated rings. The first-order chi connectivity index (χ1) is 15.1. The third-order valence-electron chi connectivity index (χ3n) is 4.91. The molecule has 4 N–H and O–H groups in total. The third-order valence-corrected chi connectivity index (χ3v) is 4.91. The van der Waals surface area contributed by atoms with Crippen LogP contribution < -0.4 is 16.0 Å². The van der Waals surface area contributed by atoms with Crippen molar-refractivity contribution >= 4 is 40.7 Å². The Bertz CT molecular complexity index is 1010. The van der Waals surface area contributed by atoms with Crippen molar-refractivity contribution < 1.29 is 29.1 Å². The first-order valence-corrected chi connectivity index (χ1v) is 10.2. The van der Waals surface area contributed by atoms with E-state index in [2.05, 4.69) is 16.0 Å². The van der Waals surface area contributed by atoms with E-state index in [0.29, 0.717) is 11.8 Å². The van der Waals surface area contributed by atoms with Gasteiger partial charge in [0.2, 0.25) is 11.8 Å². The molecular weight excluding hydrogens is 414 g/mol. The maximum absolute atomic E-state index is 12.9. The molecule has 0 aliphatic carbocycles. The largest absolute Gasteiger partial charge is 0.481 e. The zero-order valence-corrected chi connectivity index (χ0v) is 18.1. The number of hydrogen-bond acceptors (Lipinski definition) is 5. The Labute approximate surface area is 185 Å². The molecule has 32 heavy (non-hydrogen) atoms. The lowest BCUT2D eigenvalue weighted by Crippen LogP contribution is -2.55. The van der Waals surface area contributed by atoms with Gasteiger partial charge in [0.1, 0.15) is 18.4 Å². The van der Waals surface area contributed by atoms with Gasteiger partial charge >= 0.3 is 5.97 Å². The predicted octanol–water partition coefficient (Wildman–Crippen LogP) is 1.26. The molecule has 0 heterocycles. The van der Waals surface area contributed by atoms with Crippen LogP contribution in [0.5, 0.6) is 0 Å². The fourth-order valence-electron chi connectivity index (χ4n) is 3.18. The topological polar surface area (TPSA) is 142 Å². The van der Waals surface area contributed by atoms with Crippen molar-refractivity contribution in [1.82, 2.24) is 16.0 Å². The minimum atomic E-state index is -1.24. The molecule has 3 atom stereocenters. The molecule has 9 nitrogen and oxygen atoms in total. The Morgan fingerprint density at radius 3 is 2.19 bits per heavy atom. The van der Waals surface area contributed by atoms with E-state index >= 15 is 0 Å². The number of nitrogens with one attached hydrogen (secondary N) is 3. The number of carboxylic acid groups (broad SMARTS) is 1. The number of benzene rings is 2. The quantitative estimate of drug-likeness (QED) is 0.409. The van der Waals surface area contributed by atoms with Gasteiger partial charge in [-0.05, 0) is 29.7 Å². The van der Waals surface area contributed by atoms with Crippen molar-refractivity contribution in [1.29, 1.82) is 0 Å². The summed E-state index contributed by atoms with van der Waals surface area (Å²) in [6.45, 7) is 4.92. The first kappa shape index (κ1) is 24.5. The van der Waals surface area contributed by atoms with E-state index in [-0.39, 0.29) is 5.92 Å². The lowest BCUT2D eigenvalue weighted by atomic mass is 10.0. The summed E-state index contributed by atoms with van der Waals surface area (Å²) in [6, 6.07) is 9.54. The second kappa shape index (κ2) is 11.0. The number of carbonyl (C=O) groups is 5. The molecule has 0 bridgehead atoms. The summed E-state index contributed by atoms with van der Waals surface area (Å²) in [5.74, 6) is -3.22. The van der Waals surface area contributed by atoms with E-state index in [1.165, 1.54) is 6.92 Å². The Balaban J connectivity index is 2.08. The number of hydrogen-bond donors (Lipinski definition) is 4. The highest BCUT2D eigenvalue weighted by Gasteiger charge is 2.28. The van der Waals surface area contributed by atoms with Gasteiger partial charge in [-0.25, -0.2) is 0 Å². The monoisotopic (exact) mass is 441 g/mol. The number of carboxylic acids is 1. The highest BCUT2D eigenvalue weighted by atomic mass is 16.4. The van der Waals surface area contributed by atoms with Crippen molar-refractivity contribution in [2.75, 3.05) is 0 Å². The third kappa shape index (κ3) is 6.37. The van der Waals surface area contributed by atoms with Crippen molar-refractivity contribution in [2.45, 2.75) is 45.3 Å². The summed E-state index contributed by atoms with van der Waals surface area (Å²) in [5, 5.41) is 17.9. The highest BCUT2D eigenvalue weighted by molar-refractivity contribution is 6.08. The second-order valence-corrected chi connectivity index (χ2v) is 7.80. The summed E-state index contributed by atoms with van der Waals surface area (Å²) in [6.07, 6.45) is -0.243. The number of fused-ring (bicyclic) bond motifs is 1. The molecule has 9 heteroatoms. The SMILES string of the molecule is CC(C)[C@H](NC(=O)c1cccc2ccccc12)C(=O)N[C@@H](C)C(=O)N[C@H](C=O)CC(=O)O.